The molecule has 1 rings (SSSR count). The fourth-order valence-electron chi connectivity index (χ4n) is 2.08. The van der Waals surface area contributed by atoms with Crippen molar-refractivity contribution in [2.45, 2.75) is 57.4 Å². The molecule has 0 aliphatic rings. The van der Waals surface area contributed by atoms with Crippen molar-refractivity contribution in [2.24, 2.45) is 0 Å². The molecule has 1 N–H and O–H groups in total. The van der Waals surface area contributed by atoms with Gasteiger partial charge in [-0.05, 0) is 58.4 Å². The van der Waals surface area contributed by atoms with E-state index in [1.54, 1.807) is 18.0 Å². The molecule has 0 saturated carbocycles. The second kappa shape index (κ2) is 9.15. The van der Waals surface area contributed by atoms with Gasteiger partial charge in [-0.2, -0.15) is 0 Å². The van der Waals surface area contributed by atoms with E-state index in [2.05, 4.69) is 12.2 Å². The minimum absolute atomic E-state index is 0.150. The Labute approximate surface area is 132 Å². The number of ether oxygens (including phenoxy) is 1. The smallest absolute Gasteiger partial charge is 0.326 e. The molecule has 1 aromatic rings. The molecular weight excluding hydrogens is 286 g/mol. The van der Waals surface area contributed by atoms with Gasteiger partial charge >= 0.3 is 5.97 Å². The van der Waals surface area contributed by atoms with Crippen LogP contribution in [0, 0.1) is 6.92 Å². The number of rotatable bonds is 10. The molecule has 0 spiro atoms. The Morgan fingerprint density at radius 1 is 1.48 bits per heavy atom. The molecule has 0 aliphatic heterocycles. The van der Waals surface area contributed by atoms with E-state index in [0.29, 0.717) is 6.61 Å². The van der Waals surface area contributed by atoms with Crippen molar-refractivity contribution in [2.75, 3.05) is 18.9 Å². The standard InChI is InChI=1S/C16H27NO3S/c1-5-10-17-16(4,15(18)19-6-2)9-7-12-21-14-8-11-20-13(14)3/h8,11,17H,5-7,9-10,12H2,1-4H3. The van der Waals surface area contributed by atoms with Gasteiger partial charge < -0.3 is 14.5 Å². The molecule has 1 heterocycles. The second-order valence-corrected chi connectivity index (χ2v) is 6.41. The average Bonchev–Trinajstić information content (AvgIpc) is 2.87. The van der Waals surface area contributed by atoms with Crippen LogP contribution in [0.2, 0.25) is 0 Å². The number of thioether (sulfide) groups is 1. The van der Waals surface area contributed by atoms with E-state index in [9.17, 15) is 4.79 Å². The van der Waals surface area contributed by atoms with Gasteiger partial charge in [0.2, 0.25) is 0 Å². The topological polar surface area (TPSA) is 51.5 Å². The average molecular weight is 313 g/mol. The van der Waals surface area contributed by atoms with Gasteiger partial charge in [-0.15, -0.1) is 11.8 Å². The van der Waals surface area contributed by atoms with Gasteiger partial charge in [0.25, 0.3) is 0 Å². The SMILES string of the molecule is CCCNC(C)(CCCSc1ccoc1C)C(=O)OCC. The molecule has 0 radical (unpaired) electrons. The van der Waals surface area contributed by atoms with Gasteiger partial charge in [-0.25, -0.2) is 0 Å². The summed E-state index contributed by atoms with van der Waals surface area (Å²) in [5, 5.41) is 3.33. The zero-order chi connectivity index (χ0) is 15.7. The highest BCUT2D eigenvalue weighted by Crippen LogP contribution is 2.25. The van der Waals surface area contributed by atoms with Crippen LogP contribution in [0.25, 0.3) is 0 Å². The third-order valence-corrected chi connectivity index (χ3v) is 4.61. The van der Waals surface area contributed by atoms with Crippen LogP contribution in [0.15, 0.2) is 21.6 Å². The van der Waals surface area contributed by atoms with Gasteiger partial charge in [-0.1, -0.05) is 6.92 Å². The van der Waals surface area contributed by atoms with Crippen LogP contribution in [0.1, 0.15) is 45.8 Å². The zero-order valence-corrected chi connectivity index (χ0v) is 14.3. The van der Waals surface area contributed by atoms with Gasteiger partial charge in [0, 0.05) is 4.90 Å². The monoisotopic (exact) mass is 313 g/mol. The number of carbonyl (C=O) groups is 1. The summed E-state index contributed by atoms with van der Waals surface area (Å²) in [6.45, 7) is 9.09. The van der Waals surface area contributed by atoms with Crippen LogP contribution in [-0.2, 0) is 9.53 Å². The lowest BCUT2D eigenvalue weighted by Crippen LogP contribution is -2.50. The van der Waals surface area contributed by atoms with Gasteiger partial charge in [0.05, 0.1) is 12.9 Å². The number of carbonyl (C=O) groups excluding carboxylic acids is 1. The van der Waals surface area contributed by atoms with Crippen LogP contribution in [0.3, 0.4) is 0 Å². The minimum atomic E-state index is -0.585. The lowest BCUT2D eigenvalue weighted by molar-refractivity contribution is -0.150. The molecule has 120 valence electrons. The normalized spacial score (nSPS) is 13.9. The van der Waals surface area contributed by atoms with Crippen molar-refractivity contribution >= 4 is 17.7 Å². The molecule has 21 heavy (non-hydrogen) atoms. The molecule has 5 heteroatoms. The van der Waals surface area contributed by atoms with Crippen molar-refractivity contribution in [3.8, 4) is 0 Å². The largest absolute Gasteiger partial charge is 0.468 e. The number of furan rings is 1. The number of aryl methyl sites for hydroxylation is 1. The van der Waals surface area contributed by atoms with Gasteiger partial charge in [0.1, 0.15) is 11.3 Å². The summed E-state index contributed by atoms with van der Waals surface area (Å²) >= 11 is 1.77. The Kier molecular flexibility index (Phi) is 7.89. The van der Waals surface area contributed by atoms with E-state index in [1.165, 1.54) is 4.90 Å². The maximum Gasteiger partial charge on any atom is 0.326 e. The summed E-state index contributed by atoms with van der Waals surface area (Å²) in [7, 11) is 0. The van der Waals surface area contributed by atoms with Crippen LogP contribution < -0.4 is 5.32 Å². The van der Waals surface area contributed by atoms with E-state index < -0.39 is 5.54 Å². The van der Waals surface area contributed by atoms with Crippen molar-refractivity contribution in [3.05, 3.63) is 18.1 Å². The Morgan fingerprint density at radius 2 is 2.24 bits per heavy atom. The van der Waals surface area contributed by atoms with Crippen LogP contribution in [0.5, 0.6) is 0 Å². The highest BCUT2D eigenvalue weighted by atomic mass is 32.2. The summed E-state index contributed by atoms with van der Waals surface area (Å²) in [6, 6.07) is 1.99. The molecule has 0 fully saturated rings. The molecule has 1 atom stereocenters. The number of esters is 1. The van der Waals surface area contributed by atoms with E-state index in [-0.39, 0.29) is 5.97 Å². The fourth-order valence-corrected chi connectivity index (χ4v) is 3.00. The fraction of sp³-hybridized carbons (Fsp3) is 0.688. The Hall–Kier alpha value is -0.940. The van der Waals surface area contributed by atoms with Crippen LogP contribution in [0.4, 0.5) is 0 Å². The van der Waals surface area contributed by atoms with Crippen LogP contribution in [-0.4, -0.2) is 30.4 Å². The van der Waals surface area contributed by atoms with Crippen molar-refractivity contribution < 1.29 is 13.9 Å². The highest BCUT2D eigenvalue weighted by molar-refractivity contribution is 7.99. The predicted octanol–water partition coefficient (Wildman–Crippen LogP) is 3.78. The first-order chi connectivity index (χ1) is 10.0. The van der Waals surface area contributed by atoms with E-state index in [4.69, 9.17) is 9.15 Å². The van der Waals surface area contributed by atoms with Crippen molar-refractivity contribution in [3.63, 3.8) is 0 Å². The second-order valence-electron chi connectivity index (χ2n) is 5.27. The third-order valence-electron chi connectivity index (χ3n) is 3.38. The first-order valence-corrected chi connectivity index (χ1v) is 8.61. The number of nitrogens with one attached hydrogen (secondary N) is 1. The van der Waals surface area contributed by atoms with Gasteiger partial charge in [-0.3, -0.25) is 4.79 Å². The maximum atomic E-state index is 12.1. The molecule has 0 saturated heterocycles. The highest BCUT2D eigenvalue weighted by Gasteiger charge is 2.33. The Bertz CT molecular complexity index is 433. The Morgan fingerprint density at radius 3 is 2.81 bits per heavy atom. The summed E-state index contributed by atoms with van der Waals surface area (Å²) in [5.41, 5.74) is -0.585. The number of hydrogen-bond donors (Lipinski definition) is 1. The summed E-state index contributed by atoms with van der Waals surface area (Å²) < 4.78 is 10.5. The molecule has 1 aromatic heterocycles. The molecule has 0 aliphatic carbocycles. The number of hydrogen-bond acceptors (Lipinski definition) is 5. The summed E-state index contributed by atoms with van der Waals surface area (Å²) in [6.07, 6.45) is 4.43. The predicted molar refractivity (Wildman–Crippen MR) is 86.7 cm³/mol. The first kappa shape index (κ1) is 18.1. The van der Waals surface area contributed by atoms with E-state index >= 15 is 0 Å². The Balaban J connectivity index is 2.45. The zero-order valence-electron chi connectivity index (χ0n) is 13.5. The molecule has 0 aromatic carbocycles. The van der Waals surface area contributed by atoms with Crippen molar-refractivity contribution in [1.29, 1.82) is 0 Å². The first-order valence-electron chi connectivity index (χ1n) is 7.62. The molecule has 1 unspecified atom stereocenters. The van der Waals surface area contributed by atoms with Crippen LogP contribution >= 0.6 is 11.8 Å². The maximum absolute atomic E-state index is 12.1. The quantitative estimate of drug-likeness (QED) is 0.405. The third kappa shape index (κ3) is 5.75. The summed E-state index contributed by atoms with van der Waals surface area (Å²) in [5.74, 6) is 1.77. The van der Waals surface area contributed by atoms with E-state index in [0.717, 1.165) is 37.3 Å². The molecule has 0 bridgehead atoms. The minimum Gasteiger partial charge on any atom is -0.468 e. The molecule has 0 amide bonds. The summed E-state index contributed by atoms with van der Waals surface area (Å²) in [4.78, 5) is 13.3. The lowest BCUT2D eigenvalue weighted by atomic mass is 9.96. The molecule has 4 nitrogen and oxygen atoms in total. The van der Waals surface area contributed by atoms with E-state index in [1.807, 2.05) is 26.8 Å². The lowest BCUT2D eigenvalue weighted by Gasteiger charge is -2.28. The molecular formula is C16H27NO3S. The van der Waals surface area contributed by atoms with Crippen molar-refractivity contribution in [1.82, 2.24) is 5.32 Å². The van der Waals surface area contributed by atoms with Gasteiger partial charge in [0.15, 0.2) is 0 Å².